The van der Waals surface area contributed by atoms with E-state index in [4.69, 9.17) is 9.84 Å². The monoisotopic (exact) mass is 498 g/mol. The summed E-state index contributed by atoms with van der Waals surface area (Å²) in [6, 6.07) is 4.22. The molecule has 1 atom stereocenters. The first-order valence-corrected chi connectivity index (χ1v) is 11.4. The topological polar surface area (TPSA) is 195 Å². The molecule has 3 rings (SSSR count). The molecule has 4 N–H and O–H groups in total. The zero-order chi connectivity index (χ0) is 24.9. The van der Waals surface area contributed by atoms with E-state index < -0.39 is 46.3 Å². The molecule has 0 unspecified atom stereocenters. The van der Waals surface area contributed by atoms with E-state index in [2.05, 4.69) is 5.32 Å². The van der Waals surface area contributed by atoms with Crippen molar-refractivity contribution in [3.63, 3.8) is 0 Å². The van der Waals surface area contributed by atoms with E-state index in [0.29, 0.717) is 9.80 Å². The summed E-state index contributed by atoms with van der Waals surface area (Å²) >= 11 is 0. The molecular weight excluding hydrogens is 476 g/mol. The number of urea groups is 3. The molecule has 2 saturated heterocycles. The van der Waals surface area contributed by atoms with Crippen LogP contribution in [0.15, 0.2) is 30.3 Å². The Kier molecular flexibility index (Phi) is 7.52. The molecule has 0 bridgehead atoms. The van der Waals surface area contributed by atoms with Crippen LogP contribution < -0.4 is 14.8 Å². The van der Waals surface area contributed by atoms with Gasteiger partial charge in [-0.3, -0.25) is 9.69 Å². The van der Waals surface area contributed by atoms with Crippen LogP contribution in [0.2, 0.25) is 0 Å². The third-order valence-corrected chi connectivity index (χ3v) is 5.72. The number of hydrogen-bond donors (Lipinski definition) is 4. The Morgan fingerprint density at radius 2 is 1.68 bits per heavy atom. The van der Waals surface area contributed by atoms with Gasteiger partial charge in [0.2, 0.25) is 0 Å². The fourth-order valence-corrected chi connectivity index (χ4v) is 3.82. The predicted molar refractivity (Wildman–Crippen MR) is 112 cm³/mol. The molecule has 2 heterocycles. The molecular formula is C18H22N6O9S. The fourth-order valence-electron chi connectivity index (χ4n) is 3.09. The summed E-state index contributed by atoms with van der Waals surface area (Å²) in [7, 11) is -4.76. The Balaban J connectivity index is 1.43. The maximum atomic E-state index is 12.1. The van der Waals surface area contributed by atoms with E-state index in [9.17, 15) is 32.4 Å². The number of β-amino-alcohol motifs (C(OH)–C–C–N with tert-alkyl or cyclic N) is 1. The van der Waals surface area contributed by atoms with Gasteiger partial charge in [0.25, 0.3) is 5.91 Å². The lowest BCUT2D eigenvalue weighted by Gasteiger charge is -2.36. The number of hydrogen-bond acceptors (Lipinski definition) is 9. The number of likely N-dealkylation sites (tertiary alicyclic amines) is 1. The van der Waals surface area contributed by atoms with Gasteiger partial charge in [0.05, 0.1) is 13.2 Å². The number of ether oxygens (including phenoxy) is 1. The third kappa shape index (κ3) is 5.90. The highest BCUT2D eigenvalue weighted by Gasteiger charge is 2.43. The van der Waals surface area contributed by atoms with Gasteiger partial charge in [0.1, 0.15) is 12.6 Å². The second-order valence-corrected chi connectivity index (χ2v) is 8.59. The molecule has 0 saturated carbocycles. The summed E-state index contributed by atoms with van der Waals surface area (Å²) in [5.41, 5.74) is 0.725. The number of nitrogens with one attached hydrogen (secondary N) is 3. The average Bonchev–Trinajstić information content (AvgIpc) is 3.15. The van der Waals surface area contributed by atoms with E-state index in [0.717, 1.165) is 10.5 Å². The van der Waals surface area contributed by atoms with Crippen molar-refractivity contribution in [2.75, 3.05) is 32.8 Å². The fraction of sp³-hybridized carbons (Fsp3) is 0.389. The lowest BCUT2D eigenvalue weighted by molar-refractivity contribution is -0.139. The molecule has 0 aromatic heterocycles. The maximum absolute atomic E-state index is 12.1. The van der Waals surface area contributed by atoms with Crippen molar-refractivity contribution in [3.8, 4) is 0 Å². The molecule has 34 heavy (non-hydrogen) atoms. The van der Waals surface area contributed by atoms with Gasteiger partial charge in [-0.05, 0) is 5.56 Å². The van der Waals surface area contributed by atoms with E-state index in [1.165, 1.54) is 9.44 Å². The van der Waals surface area contributed by atoms with Crippen molar-refractivity contribution in [1.29, 1.82) is 0 Å². The molecule has 2 aliphatic heterocycles. The highest BCUT2D eigenvalue weighted by atomic mass is 32.2. The minimum absolute atomic E-state index is 0.0296. The van der Waals surface area contributed by atoms with Crippen molar-refractivity contribution in [2.45, 2.75) is 12.6 Å². The van der Waals surface area contributed by atoms with Gasteiger partial charge in [-0.25, -0.2) is 33.5 Å². The molecule has 1 aromatic carbocycles. The van der Waals surface area contributed by atoms with Crippen molar-refractivity contribution >= 4 is 40.3 Å². The first-order chi connectivity index (χ1) is 16.1. The Hall–Kier alpha value is -3.92. The highest BCUT2D eigenvalue weighted by molar-refractivity contribution is 7.88. The number of aliphatic hydroxyl groups is 1. The summed E-state index contributed by atoms with van der Waals surface area (Å²) in [4.78, 5) is 62.4. The molecule has 0 aliphatic carbocycles. The number of imide groups is 2. The minimum atomic E-state index is -4.76. The van der Waals surface area contributed by atoms with E-state index >= 15 is 0 Å². The van der Waals surface area contributed by atoms with Gasteiger partial charge in [0.15, 0.2) is 0 Å². The van der Waals surface area contributed by atoms with Crippen LogP contribution in [-0.4, -0.2) is 97.1 Å². The highest BCUT2D eigenvalue weighted by Crippen LogP contribution is 2.12. The van der Waals surface area contributed by atoms with Crippen LogP contribution in [-0.2, 0) is 26.3 Å². The molecule has 2 fully saturated rings. The normalized spacial score (nSPS) is 17.8. The molecule has 15 nitrogen and oxygen atoms in total. The summed E-state index contributed by atoms with van der Waals surface area (Å²) in [5.74, 6) is -0.884. The maximum Gasteiger partial charge on any atom is 0.408 e. The SMILES string of the molecule is O=C(N[C@H]1CN(C(=O)NS(=O)(=O)NC(=O)N2CCN(CCO)C2=O)C1=O)OCc1ccccc1. The van der Waals surface area contributed by atoms with Crippen LogP contribution in [0, 0.1) is 0 Å². The number of amides is 8. The number of nitrogens with zero attached hydrogens (tertiary/aromatic N) is 3. The van der Waals surface area contributed by atoms with Crippen LogP contribution in [0.1, 0.15) is 5.56 Å². The van der Waals surface area contributed by atoms with Crippen LogP contribution in [0.4, 0.5) is 19.2 Å². The predicted octanol–water partition coefficient (Wildman–Crippen LogP) is -1.48. The van der Waals surface area contributed by atoms with Crippen molar-refractivity contribution < 1.29 is 42.2 Å². The Bertz CT molecular complexity index is 1080. The van der Waals surface area contributed by atoms with Crippen LogP contribution >= 0.6 is 0 Å². The molecule has 0 radical (unpaired) electrons. The summed E-state index contributed by atoms with van der Waals surface area (Å²) in [5, 5.41) is 11.1. The van der Waals surface area contributed by atoms with E-state index in [1.807, 2.05) is 0 Å². The molecule has 2 aliphatic rings. The minimum Gasteiger partial charge on any atom is -0.445 e. The zero-order valence-electron chi connectivity index (χ0n) is 17.7. The third-order valence-electron chi connectivity index (χ3n) is 4.83. The number of β-lactam (4-membered cyclic amide) rings is 1. The number of benzene rings is 1. The van der Waals surface area contributed by atoms with E-state index in [-0.39, 0.29) is 39.4 Å². The smallest absolute Gasteiger partial charge is 0.408 e. The molecule has 16 heteroatoms. The van der Waals surface area contributed by atoms with Crippen molar-refractivity contribution in [3.05, 3.63) is 35.9 Å². The lowest BCUT2D eigenvalue weighted by Crippen LogP contribution is -2.68. The average molecular weight is 498 g/mol. The summed E-state index contributed by atoms with van der Waals surface area (Å²) in [6.45, 7) is -0.739. The lowest BCUT2D eigenvalue weighted by atomic mass is 10.1. The molecule has 8 amide bonds. The number of aliphatic hydroxyl groups excluding tert-OH is 1. The summed E-state index contributed by atoms with van der Waals surface area (Å²) in [6.07, 6.45) is -0.896. The first kappa shape index (κ1) is 24.7. The second-order valence-electron chi connectivity index (χ2n) is 7.17. The molecule has 184 valence electrons. The Morgan fingerprint density at radius 1 is 1.03 bits per heavy atom. The Morgan fingerprint density at radius 3 is 2.29 bits per heavy atom. The van der Waals surface area contributed by atoms with E-state index in [1.54, 1.807) is 30.3 Å². The second kappa shape index (κ2) is 10.3. The molecule has 0 spiro atoms. The summed E-state index contributed by atoms with van der Waals surface area (Å²) < 4.78 is 32.1. The van der Waals surface area contributed by atoms with Gasteiger partial charge in [-0.2, -0.15) is 8.42 Å². The van der Waals surface area contributed by atoms with Gasteiger partial charge in [-0.15, -0.1) is 0 Å². The number of alkyl carbamates (subject to hydrolysis) is 1. The molecule has 1 aromatic rings. The first-order valence-electron chi connectivity index (χ1n) is 9.95. The van der Waals surface area contributed by atoms with Crippen molar-refractivity contribution in [1.82, 2.24) is 29.5 Å². The largest absolute Gasteiger partial charge is 0.445 e. The van der Waals surface area contributed by atoms with Gasteiger partial charge in [0, 0.05) is 19.6 Å². The zero-order valence-corrected chi connectivity index (χ0v) is 18.5. The van der Waals surface area contributed by atoms with Crippen LogP contribution in [0.3, 0.4) is 0 Å². The van der Waals surface area contributed by atoms with Crippen molar-refractivity contribution in [2.24, 2.45) is 0 Å². The standard InChI is InChI=1S/C18H22N6O9S/c25-9-8-22-6-7-23(18(22)30)15(27)20-34(31,32)21-16(28)24-10-13(14(24)26)19-17(29)33-11-12-4-2-1-3-5-12/h1-5,13,25H,6-11H2,(H,19,29)(H,20,27)(H,21,28)/t13-/m0/s1. The number of carbonyl (C=O) groups excluding carboxylic acids is 5. The number of carbonyl (C=O) groups is 5. The number of rotatable bonds is 7. The Labute approximate surface area is 193 Å². The van der Waals surface area contributed by atoms with Gasteiger partial charge >= 0.3 is 34.4 Å². The van der Waals surface area contributed by atoms with Gasteiger partial charge < -0.3 is 20.1 Å². The van der Waals surface area contributed by atoms with Crippen LogP contribution in [0.5, 0.6) is 0 Å². The van der Waals surface area contributed by atoms with Crippen LogP contribution in [0.25, 0.3) is 0 Å². The quantitative estimate of drug-likeness (QED) is 0.324. The van der Waals surface area contributed by atoms with Gasteiger partial charge in [-0.1, -0.05) is 30.3 Å².